The number of aliphatic imine (C=N–C) groups is 1. The summed E-state index contributed by atoms with van der Waals surface area (Å²) in [5.41, 5.74) is 7.67. The number of amides is 4. The zero-order chi connectivity index (χ0) is 44.9. The SMILES string of the molecule is COC(=O)N[C@H](C(=O)N1CCC[C@H]1c1ncc(-c2ccc3cc(-c4ccc(C5=CN=C([C@@H]6CCCN6C(=O)[C@H](NC(=O)OC)c6ccccc6)C5)cc4)ccc3c2)[nH]1)[C@@H](C)OC(C)F. The average Bonchev–Trinajstić information content (AvgIpc) is 4.17. The number of methoxy groups -OCH3 is 2. The Morgan fingerprint density at radius 3 is 2.05 bits per heavy atom. The number of rotatable bonds is 13. The van der Waals surface area contributed by atoms with E-state index in [-0.39, 0.29) is 18.0 Å². The van der Waals surface area contributed by atoms with Crippen LogP contribution in [0.4, 0.5) is 14.0 Å². The van der Waals surface area contributed by atoms with E-state index in [2.05, 4.69) is 75.2 Å². The van der Waals surface area contributed by atoms with Crippen molar-refractivity contribution in [3.8, 4) is 22.4 Å². The summed E-state index contributed by atoms with van der Waals surface area (Å²) in [6.45, 7) is 3.79. The molecule has 1 unspecified atom stereocenters. The summed E-state index contributed by atoms with van der Waals surface area (Å²) >= 11 is 0. The number of imidazole rings is 1. The number of likely N-dealkylation sites (tertiary alicyclic amines) is 2. The zero-order valence-corrected chi connectivity index (χ0v) is 36.3. The van der Waals surface area contributed by atoms with Crippen LogP contribution >= 0.6 is 0 Å². The van der Waals surface area contributed by atoms with Crippen molar-refractivity contribution in [3.63, 3.8) is 0 Å². The zero-order valence-electron chi connectivity index (χ0n) is 36.3. The van der Waals surface area contributed by atoms with E-state index in [1.807, 2.05) is 47.5 Å². The number of benzene rings is 4. The van der Waals surface area contributed by atoms with Crippen molar-refractivity contribution in [1.82, 2.24) is 30.4 Å². The van der Waals surface area contributed by atoms with Gasteiger partial charge in [0.25, 0.3) is 0 Å². The number of carbonyl (C=O) groups is 4. The third-order valence-electron chi connectivity index (χ3n) is 12.3. The van der Waals surface area contributed by atoms with E-state index in [9.17, 15) is 23.6 Å². The number of halogens is 1. The lowest BCUT2D eigenvalue weighted by atomic mass is 9.95. The Balaban J connectivity index is 0.914. The van der Waals surface area contributed by atoms with E-state index in [4.69, 9.17) is 19.2 Å². The summed E-state index contributed by atoms with van der Waals surface area (Å²) in [7, 11) is 2.48. The van der Waals surface area contributed by atoms with E-state index in [1.54, 1.807) is 18.0 Å². The third kappa shape index (κ3) is 9.39. The minimum atomic E-state index is -1.63. The highest BCUT2D eigenvalue weighted by Crippen LogP contribution is 2.36. The molecule has 6 atom stereocenters. The minimum absolute atomic E-state index is 0.159. The number of nitrogens with one attached hydrogen (secondary N) is 3. The molecule has 1 aromatic heterocycles. The number of alkyl halides is 1. The summed E-state index contributed by atoms with van der Waals surface area (Å²) in [4.78, 5) is 68.5. The number of hydrogen-bond donors (Lipinski definition) is 3. The first kappa shape index (κ1) is 43.8. The van der Waals surface area contributed by atoms with Gasteiger partial charge in [0.2, 0.25) is 11.8 Å². The molecule has 0 aliphatic carbocycles. The van der Waals surface area contributed by atoms with E-state index in [0.717, 1.165) is 69.3 Å². The van der Waals surface area contributed by atoms with Crippen molar-refractivity contribution in [3.05, 3.63) is 120 Å². The number of H-pyrrole nitrogens is 1. The quantitative estimate of drug-likeness (QED) is 0.106. The van der Waals surface area contributed by atoms with Gasteiger partial charge in [-0.05, 0) is 90.3 Å². The molecule has 0 spiro atoms. The molecule has 15 heteroatoms. The lowest BCUT2D eigenvalue weighted by molar-refractivity contribution is -0.143. The molecule has 5 aromatic rings. The number of ether oxygens (including phenoxy) is 3. The first-order chi connectivity index (χ1) is 31.0. The minimum Gasteiger partial charge on any atom is -0.453 e. The molecule has 3 aliphatic heterocycles. The predicted octanol–water partition coefficient (Wildman–Crippen LogP) is 8.28. The van der Waals surface area contributed by atoms with E-state index in [0.29, 0.717) is 37.3 Å². The molecule has 3 aliphatic rings. The van der Waals surface area contributed by atoms with Crippen molar-refractivity contribution in [1.29, 1.82) is 0 Å². The maximum absolute atomic E-state index is 14.0. The van der Waals surface area contributed by atoms with Crippen LogP contribution in [-0.4, -0.2) is 101 Å². The number of fused-ring (bicyclic) bond motifs is 1. The molecule has 4 amide bonds. The van der Waals surface area contributed by atoms with Gasteiger partial charge in [0.05, 0.1) is 44.3 Å². The maximum Gasteiger partial charge on any atom is 0.407 e. The highest BCUT2D eigenvalue weighted by molar-refractivity contribution is 6.04. The monoisotopic (exact) mass is 869 g/mol. The summed E-state index contributed by atoms with van der Waals surface area (Å²) in [5, 5.41) is 7.38. The molecule has 8 rings (SSSR count). The number of aromatic amines is 1. The van der Waals surface area contributed by atoms with Crippen LogP contribution in [0, 0.1) is 0 Å². The molecule has 2 fully saturated rings. The van der Waals surface area contributed by atoms with Gasteiger partial charge in [-0.1, -0.05) is 78.9 Å². The molecule has 0 bridgehead atoms. The molecular weight excluding hydrogens is 818 g/mol. The number of aromatic nitrogens is 2. The normalized spacial score (nSPS) is 19.1. The Kier molecular flexibility index (Phi) is 13.2. The van der Waals surface area contributed by atoms with E-state index in [1.165, 1.54) is 21.1 Å². The summed E-state index contributed by atoms with van der Waals surface area (Å²) in [5.74, 6) is 0.0388. The molecule has 2 saturated heterocycles. The van der Waals surface area contributed by atoms with Crippen LogP contribution in [0.5, 0.6) is 0 Å². The van der Waals surface area contributed by atoms with Crippen molar-refractivity contribution in [2.24, 2.45) is 4.99 Å². The summed E-state index contributed by atoms with van der Waals surface area (Å²) in [6.07, 6.45) is 3.31. The molecule has 64 heavy (non-hydrogen) atoms. The predicted molar refractivity (Wildman–Crippen MR) is 241 cm³/mol. The fourth-order valence-electron chi connectivity index (χ4n) is 9.04. The Bertz CT molecular complexity index is 2580. The maximum atomic E-state index is 14.0. The van der Waals surface area contributed by atoms with Gasteiger partial charge in [-0.15, -0.1) is 0 Å². The fourth-order valence-corrected chi connectivity index (χ4v) is 9.04. The van der Waals surface area contributed by atoms with Crippen LogP contribution < -0.4 is 10.6 Å². The highest BCUT2D eigenvalue weighted by Gasteiger charge is 2.40. The Morgan fingerprint density at radius 2 is 1.36 bits per heavy atom. The molecule has 332 valence electrons. The lowest BCUT2D eigenvalue weighted by Gasteiger charge is -2.31. The highest BCUT2D eigenvalue weighted by atomic mass is 19.1. The van der Waals surface area contributed by atoms with Gasteiger partial charge < -0.3 is 39.6 Å². The van der Waals surface area contributed by atoms with Gasteiger partial charge in [0.15, 0.2) is 6.36 Å². The molecule has 4 heterocycles. The molecule has 0 saturated carbocycles. The van der Waals surface area contributed by atoms with E-state index >= 15 is 0 Å². The second kappa shape index (κ2) is 19.3. The summed E-state index contributed by atoms with van der Waals surface area (Å²) in [6, 6.07) is 27.7. The van der Waals surface area contributed by atoms with Crippen LogP contribution in [0.2, 0.25) is 0 Å². The van der Waals surface area contributed by atoms with Crippen LogP contribution in [0.3, 0.4) is 0 Å². The van der Waals surface area contributed by atoms with Crippen molar-refractivity contribution in [2.75, 3.05) is 27.3 Å². The summed E-state index contributed by atoms with van der Waals surface area (Å²) < 4.78 is 28.6. The Hall–Kier alpha value is -6.87. The van der Waals surface area contributed by atoms with Crippen LogP contribution in [0.15, 0.2) is 108 Å². The second-order valence-electron chi connectivity index (χ2n) is 16.3. The Morgan fingerprint density at radius 1 is 0.750 bits per heavy atom. The molecule has 3 N–H and O–H groups in total. The number of carbonyl (C=O) groups excluding carboxylic acids is 4. The largest absolute Gasteiger partial charge is 0.453 e. The first-order valence-corrected chi connectivity index (χ1v) is 21.6. The lowest BCUT2D eigenvalue weighted by Crippen LogP contribution is -2.54. The Labute approximate surface area is 370 Å². The van der Waals surface area contributed by atoms with Gasteiger partial charge in [-0.25, -0.2) is 19.0 Å². The van der Waals surface area contributed by atoms with Gasteiger partial charge >= 0.3 is 12.2 Å². The topological polar surface area (TPSA) is 168 Å². The third-order valence-corrected chi connectivity index (χ3v) is 12.3. The first-order valence-electron chi connectivity index (χ1n) is 21.6. The second-order valence-corrected chi connectivity index (χ2v) is 16.3. The van der Waals surface area contributed by atoms with Crippen LogP contribution in [-0.2, 0) is 23.8 Å². The van der Waals surface area contributed by atoms with Crippen molar-refractivity contribution in [2.45, 2.75) is 82.6 Å². The molecule has 4 aromatic carbocycles. The number of allylic oxidation sites excluding steroid dienone is 1. The van der Waals surface area contributed by atoms with Gasteiger partial charge in [0, 0.05) is 37.0 Å². The average molecular weight is 870 g/mol. The molecule has 0 radical (unpaired) electrons. The fraction of sp³-hybridized carbons (Fsp3) is 0.347. The van der Waals surface area contributed by atoms with E-state index < -0.39 is 42.6 Å². The van der Waals surface area contributed by atoms with Gasteiger partial charge in [-0.2, -0.15) is 0 Å². The number of hydrogen-bond acceptors (Lipinski definition) is 9. The number of nitrogens with zero attached hydrogens (tertiary/aromatic N) is 4. The number of alkyl carbamates (subject to hydrolysis) is 2. The molecule has 14 nitrogen and oxygen atoms in total. The van der Waals surface area contributed by atoms with Gasteiger partial charge in [-0.3, -0.25) is 14.6 Å². The van der Waals surface area contributed by atoms with Crippen LogP contribution in [0.1, 0.15) is 75.0 Å². The smallest absolute Gasteiger partial charge is 0.407 e. The molecular formula is C49H52FN7O7. The van der Waals surface area contributed by atoms with Crippen molar-refractivity contribution >= 4 is 46.1 Å². The van der Waals surface area contributed by atoms with Gasteiger partial charge in [0.1, 0.15) is 17.9 Å². The van der Waals surface area contributed by atoms with Crippen molar-refractivity contribution < 1.29 is 37.8 Å². The standard InChI is InChI=1S/C49H52FN7O7/c1-29(64-30(2)50)43(54-48(60)62-3)46(58)57-23-9-13-42(57)45-52-28-40(53-45)37-21-20-35-24-34(18-19-36(35)25-37)31-14-16-32(17-15-31)38-26-39(51-27-38)41-12-8-22-56(41)47(59)44(55-49(61)63-4)33-10-6-5-7-11-33/h5-7,10-11,14-21,24-25,27-30,41-44H,8-9,12-13,22-23,26H2,1-4H3,(H,52,53)(H,54,60)(H,55,61)/t29-,30?,41+,42+,43+,44-/m1/s1. The van der Waals surface area contributed by atoms with Crippen LogP contribution in [0.25, 0.3) is 38.7 Å².